The fourth-order valence-corrected chi connectivity index (χ4v) is 3.03. The molecule has 1 aromatic heterocycles. The van der Waals surface area contributed by atoms with E-state index in [4.69, 9.17) is 9.47 Å². The van der Waals surface area contributed by atoms with E-state index in [1.807, 2.05) is 30.3 Å². The van der Waals surface area contributed by atoms with E-state index in [1.165, 1.54) is 17.8 Å². The molecule has 0 atom stereocenters. The summed E-state index contributed by atoms with van der Waals surface area (Å²) in [4.78, 5) is 37.1. The molecule has 0 fully saturated rings. The van der Waals surface area contributed by atoms with Crippen LogP contribution in [0.3, 0.4) is 0 Å². The lowest BCUT2D eigenvalue weighted by molar-refractivity contribution is -0.142. The quantitative estimate of drug-likeness (QED) is 0.282. The highest BCUT2D eigenvalue weighted by atomic mass is 16.6. The molecule has 0 bridgehead atoms. The maximum absolute atomic E-state index is 13.0. The van der Waals surface area contributed by atoms with Crippen molar-refractivity contribution in [3.63, 3.8) is 0 Å². The van der Waals surface area contributed by atoms with Gasteiger partial charge in [0.05, 0.1) is 7.11 Å². The van der Waals surface area contributed by atoms with Gasteiger partial charge in [0.1, 0.15) is 23.7 Å². The molecule has 3 rings (SSSR count). The standard InChI is InChI=1S/C26H25NO6/c1-18-14-23(33-16-20-8-5-4-6-9-20)25(26(30)27(18)2)22(28)13-12-19-10-7-11-21(15-19)32-17-24(29)31-3/h4-15H,16-17H2,1-3H3/b13-12+. The summed E-state index contributed by atoms with van der Waals surface area (Å²) in [5, 5.41) is 0. The van der Waals surface area contributed by atoms with Crippen LogP contribution in [0.2, 0.25) is 0 Å². The van der Waals surface area contributed by atoms with Gasteiger partial charge >= 0.3 is 5.97 Å². The second-order valence-electron chi connectivity index (χ2n) is 7.30. The van der Waals surface area contributed by atoms with Gasteiger partial charge in [-0.3, -0.25) is 9.59 Å². The average molecular weight is 447 g/mol. The van der Waals surface area contributed by atoms with Crippen molar-refractivity contribution in [2.75, 3.05) is 13.7 Å². The van der Waals surface area contributed by atoms with E-state index in [0.717, 1.165) is 5.56 Å². The number of nitrogens with zero attached hydrogens (tertiary/aromatic N) is 1. The first-order chi connectivity index (χ1) is 15.9. The lowest BCUT2D eigenvalue weighted by atomic mass is 10.1. The zero-order valence-electron chi connectivity index (χ0n) is 18.7. The number of benzene rings is 2. The van der Waals surface area contributed by atoms with Gasteiger partial charge in [-0.15, -0.1) is 0 Å². The van der Waals surface area contributed by atoms with Gasteiger partial charge in [0.2, 0.25) is 0 Å². The third-order valence-electron chi connectivity index (χ3n) is 4.99. The summed E-state index contributed by atoms with van der Waals surface area (Å²) in [6.45, 7) is 1.79. The highest BCUT2D eigenvalue weighted by Crippen LogP contribution is 2.20. The predicted octanol–water partition coefficient (Wildman–Crippen LogP) is 3.72. The van der Waals surface area contributed by atoms with Gasteiger partial charge in [-0.1, -0.05) is 48.5 Å². The normalized spacial score (nSPS) is 10.8. The van der Waals surface area contributed by atoms with Crippen molar-refractivity contribution in [1.29, 1.82) is 0 Å². The molecule has 0 saturated carbocycles. The van der Waals surface area contributed by atoms with Crippen LogP contribution in [0.1, 0.15) is 27.2 Å². The van der Waals surface area contributed by atoms with Crippen molar-refractivity contribution in [3.05, 3.63) is 99.5 Å². The summed E-state index contributed by atoms with van der Waals surface area (Å²) in [5.41, 5.74) is 1.81. The molecule has 33 heavy (non-hydrogen) atoms. The molecule has 1 heterocycles. The fourth-order valence-electron chi connectivity index (χ4n) is 3.03. The minimum Gasteiger partial charge on any atom is -0.488 e. The maximum atomic E-state index is 13.0. The summed E-state index contributed by atoms with van der Waals surface area (Å²) >= 11 is 0. The number of aromatic nitrogens is 1. The average Bonchev–Trinajstić information content (AvgIpc) is 2.84. The molecule has 0 saturated heterocycles. The first-order valence-electron chi connectivity index (χ1n) is 10.3. The van der Waals surface area contributed by atoms with Crippen LogP contribution in [-0.2, 0) is 23.2 Å². The van der Waals surface area contributed by atoms with Crippen LogP contribution in [-0.4, -0.2) is 30.0 Å². The number of carbonyl (C=O) groups is 2. The van der Waals surface area contributed by atoms with Crippen LogP contribution in [0, 0.1) is 6.92 Å². The van der Waals surface area contributed by atoms with Crippen molar-refractivity contribution >= 4 is 17.8 Å². The SMILES string of the molecule is COC(=O)COc1cccc(/C=C/C(=O)c2c(OCc3ccccc3)cc(C)n(C)c2=O)c1. The number of allylic oxidation sites excluding steroid dienone is 1. The molecule has 0 radical (unpaired) electrons. The number of methoxy groups -OCH3 is 1. The van der Waals surface area contributed by atoms with Crippen LogP contribution in [0.25, 0.3) is 6.08 Å². The molecule has 2 aromatic carbocycles. The lowest BCUT2D eigenvalue weighted by Gasteiger charge is -2.13. The number of ether oxygens (including phenoxy) is 3. The summed E-state index contributed by atoms with van der Waals surface area (Å²) < 4.78 is 17.2. The number of rotatable bonds is 9. The number of hydrogen-bond acceptors (Lipinski definition) is 6. The Balaban J connectivity index is 1.83. The van der Waals surface area contributed by atoms with E-state index in [0.29, 0.717) is 17.0 Å². The molecule has 0 aliphatic rings. The summed E-state index contributed by atoms with van der Waals surface area (Å²) in [5.74, 6) is -0.277. The predicted molar refractivity (Wildman–Crippen MR) is 125 cm³/mol. The largest absolute Gasteiger partial charge is 0.488 e. The van der Waals surface area contributed by atoms with Gasteiger partial charge in [0.25, 0.3) is 5.56 Å². The first-order valence-corrected chi connectivity index (χ1v) is 10.3. The minimum absolute atomic E-state index is 0.0339. The van der Waals surface area contributed by atoms with Crippen LogP contribution in [0.5, 0.6) is 11.5 Å². The zero-order chi connectivity index (χ0) is 23.8. The number of esters is 1. The molecule has 0 spiro atoms. The van der Waals surface area contributed by atoms with E-state index >= 15 is 0 Å². The Bertz CT molecular complexity index is 1230. The molecule has 7 heteroatoms. The van der Waals surface area contributed by atoms with Crippen LogP contribution in [0.4, 0.5) is 0 Å². The van der Waals surface area contributed by atoms with E-state index in [-0.39, 0.29) is 24.5 Å². The molecule has 7 nitrogen and oxygen atoms in total. The Morgan fingerprint density at radius 2 is 1.76 bits per heavy atom. The number of ketones is 1. The van der Waals surface area contributed by atoms with Crippen LogP contribution in [0.15, 0.2) is 71.5 Å². The van der Waals surface area contributed by atoms with E-state index in [9.17, 15) is 14.4 Å². The number of aryl methyl sites for hydroxylation is 1. The second-order valence-corrected chi connectivity index (χ2v) is 7.30. The number of carbonyl (C=O) groups excluding carboxylic acids is 2. The molecule has 0 N–H and O–H groups in total. The highest BCUT2D eigenvalue weighted by molar-refractivity contribution is 6.08. The van der Waals surface area contributed by atoms with E-state index in [2.05, 4.69) is 4.74 Å². The Labute approximate surface area is 191 Å². The Kier molecular flexibility index (Phi) is 7.81. The third kappa shape index (κ3) is 6.20. The highest BCUT2D eigenvalue weighted by Gasteiger charge is 2.18. The molecular weight excluding hydrogens is 422 g/mol. The third-order valence-corrected chi connectivity index (χ3v) is 4.99. The first kappa shape index (κ1) is 23.5. The molecule has 0 amide bonds. The number of pyridine rings is 1. The van der Waals surface area contributed by atoms with Crippen LogP contribution >= 0.6 is 0 Å². The smallest absolute Gasteiger partial charge is 0.343 e. The molecule has 0 aliphatic heterocycles. The summed E-state index contributed by atoms with van der Waals surface area (Å²) in [6, 6.07) is 18.1. The van der Waals surface area contributed by atoms with Crippen LogP contribution < -0.4 is 15.0 Å². The lowest BCUT2D eigenvalue weighted by Crippen LogP contribution is -2.26. The molecular formula is C26H25NO6. The van der Waals surface area contributed by atoms with Crippen molar-refractivity contribution in [3.8, 4) is 11.5 Å². The van der Waals surface area contributed by atoms with Crippen molar-refractivity contribution in [2.45, 2.75) is 13.5 Å². The minimum atomic E-state index is -0.496. The van der Waals surface area contributed by atoms with E-state index < -0.39 is 17.3 Å². The van der Waals surface area contributed by atoms with Gasteiger partial charge < -0.3 is 18.8 Å². The summed E-state index contributed by atoms with van der Waals surface area (Å²) in [7, 11) is 2.89. The van der Waals surface area contributed by atoms with Gasteiger partial charge in [-0.25, -0.2) is 4.79 Å². The fraction of sp³-hybridized carbons (Fsp3) is 0.192. The van der Waals surface area contributed by atoms with Gasteiger partial charge in [0, 0.05) is 18.8 Å². The van der Waals surface area contributed by atoms with Crippen molar-refractivity contribution < 1.29 is 23.8 Å². The molecule has 0 aliphatic carbocycles. The topological polar surface area (TPSA) is 83.8 Å². The summed E-state index contributed by atoms with van der Waals surface area (Å²) in [6.07, 6.45) is 2.90. The maximum Gasteiger partial charge on any atom is 0.343 e. The van der Waals surface area contributed by atoms with Crippen molar-refractivity contribution in [1.82, 2.24) is 4.57 Å². The van der Waals surface area contributed by atoms with Crippen molar-refractivity contribution in [2.24, 2.45) is 7.05 Å². The molecule has 170 valence electrons. The van der Waals surface area contributed by atoms with E-state index in [1.54, 1.807) is 50.4 Å². The molecule has 3 aromatic rings. The van der Waals surface area contributed by atoms with Gasteiger partial charge in [-0.2, -0.15) is 0 Å². The Morgan fingerprint density at radius 3 is 2.48 bits per heavy atom. The second kappa shape index (κ2) is 10.9. The van der Waals surface area contributed by atoms with Gasteiger partial charge in [-0.05, 0) is 36.3 Å². The Hall–Kier alpha value is -4.13. The number of hydrogen-bond donors (Lipinski definition) is 0. The molecule has 0 unspecified atom stereocenters. The monoisotopic (exact) mass is 447 g/mol. The zero-order valence-corrected chi connectivity index (χ0v) is 18.7. The van der Waals surface area contributed by atoms with Gasteiger partial charge in [0.15, 0.2) is 12.4 Å². The Morgan fingerprint density at radius 1 is 1.00 bits per heavy atom.